The van der Waals surface area contributed by atoms with Crippen LogP contribution in [0.1, 0.15) is 19.3 Å². The maximum atomic E-state index is 10.8. The Morgan fingerprint density at radius 2 is 2.14 bits per heavy atom. The van der Waals surface area contributed by atoms with Crippen molar-refractivity contribution in [3.63, 3.8) is 0 Å². The maximum Gasteiger partial charge on any atom is 0.307 e. The summed E-state index contributed by atoms with van der Waals surface area (Å²) in [5.74, 6) is -3.07. The topological polar surface area (TPSA) is 83.8 Å². The van der Waals surface area contributed by atoms with Crippen molar-refractivity contribution in [3.05, 3.63) is 0 Å². The molecule has 5 nitrogen and oxygen atoms in total. The molecule has 1 heterocycles. The molecule has 2 atom stereocenters. The maximum absolute atomic E-state index is 10.8. The van der Waals surface area contributed by atoms with Gasteiger partial charge in [-0.2, -0.15) is 0 Å². The van der Waals surface area contributed by atoms with Crippen LogP contribution in [-0.2, 0) is 14.3 Å². The third-order valence-corrected chi connectivity index (χ3v) is 2.48. The average molecular weight is 202 g/mol. The van der Waals surface area contributed by atoms with Crippen molar-refractivity contribution in [3.8, 4) is 0 Å². The van der Waals surface area contributed by atoms with E-state index in [4.69, 9.17) is 14.9 Å². The van der Waals surface area contributed by atoms with Gasteiger partial charge in [-0.3, -0.25) is 9.59 Å². The number of aliphatic carboxylic acids is 2. The first-order valence-corrected chi connectivity index (χ1v) is 4.63. The van der Waals surface area contributed by atoms with E-state index in [0.717, 1.165) is 12.8 Å². The second-order valence-electron chi connectivity index (χ2n) is 3.52. The van der Waals surface area contributed by atoms with Gasteiger partial charge >= 0.3 is 11.9 Å². The minimum Gasteiger partial charge on any atom is -0.481 e. The minimum absolute atomic E-state index is 0.155. The first kappa shape index (κ1) is 11.0. The van der Waals surface area contributed by atoms with Gasteiger partial charge in [-0.1, -0.05) is 0 Å². The number of ether oxygens (including phenoxy) is 1. The van der Waals surface area contributed by atoms with Crippen molar-refractivity contribution >= 4 is 11.9 Å². The smallest absolute Gasteiger partial charge is 0.307 e. The number of rotatable bonds is 4. The fourth-order valence-corrected chi connectivity index (χ4v) is 1.73. The molecule has 2 N–H and O–H groups in total. The van der Waals surface area contributed by atoms with Crippen molar-refractivity contribution < 1.29 is 24.5 Å². The number of hydrogen-bond donors (Lipinski definition) is 2. The molecule has 1 saturated heterocycles. The first-order valence-electron chi connectivity index (χ1n) is 4.63. The molecule has 0 aromatic heterocycles. The van der Waals surface area contributed by atoms with E-state index < -0.39 is 17.9 Å². The first-order chi connectivity index (χ1) is 6.61. The molecule has 0 aliphatic carbocycles. The summed E-state index contributed by atoms with van der Waals surface area (Å²) < 4.78 is 5.14. The lowest BCUT2D eigenvalue weighted by molar-refractivity contribution is -0.152. The van der Waals surface area contributed by atoms with Crippen LogP contribution in [0.5, 0.6) is 0 Å². The van der Waals surface area contributed by atoms with Crippen molar-refractivity contribution in [2.24, 2.45) is 11.8 Å². The summed E-state index contributed by atoms with van der Waals surface area (Å²) in [5.41, 5.74) is 0. The van der Waals surface area contributed by atoms with Crippen molar-refractivity contribution in [1.29, 1.82) is 0 Å². The number of carboxylic acids is 2. The summed E-state index contributed by atoms with van der Waals surface area (Å²) in [6.45, 7) is 1.01. The molecule has 2 unspecified atom stereocenters. The third kappa shape index (κ3) is 2.99. The molecule has 0 aromatic rings. The molecule has 0 amide bonds. The summed E-state index contributed by atoms with van der Waals surface area (Å²) in [7, 11) is 0. The zero-order valence-corrected chi connectivity index (χ0v) is 7.81. The summed E-state index contributed by atoms with van der Waals surface area (Å²) in [4.78, 5) is 21.3. The number of carbonyl (C=O) groups is 2. The molecule has 0 radical (unpaired) electrons. The molecule has 80 valence electrons. The standard InChI is InChI=1S/C9H14O5/c10-8(11)4-7(9(12)13)6-2-1-3-14-5-6/h6-7H,1-5H2,(H,10,11)(H,12,13). The molecule has 1 aliphatic rings. The minimum atomic E-state index is -1.07. The SMILES string of the molecule is O=C(O)CC(C(=O)O)C1CCCOC1. The summed E-state index contributed by atoms with van der Waals surface area (Å²) in [5, 5.41) is 17.4. The molecule has 1 rings (SSSR count). The normalized spacial score (nSPS) is 24.1. The molecule has 14 heavy (non-hydrogen) atoms. The number of carboxylic acid groups (broad SMARTS) is 2. The van der Waals surface area contributed by atoms with E-state index in [0.29, 0.717) is 13.2 Å². The fraction of sp³-hybridized carbons (Fsp3) is 0.778. The highest BCUT2D eigenvalue weighted by atomic mass is 16.5. The Morgan fingerprint density at radius 3 is 2.57 bits per heavy atom. The van der Waals surface area contributed by atoms with Gasteiger partial charge in [0.25, 0.3) is 0 Å². The molecule has 1 aliphatic heterocycles. The van der Waals surface area contributed by atoms with Crippen LogP contribution in [0.3, 0.4) is 0 Å². The lowest BCUT2D eigenvalue weighted by atomic mass is 9.85. The molecule has 5 heteroatoms. The predicted molar refractivity (Wildman–Crippen MR) is 46.9 cm³/mol. The Hall–Kier alpha value is -1.10. The van der Waals surface area contributed by atoms with Crippen LogP contribution in [0.15, 0.2) is 0 Å². The molecule has 0 aromatic carbocycles. The Labute approximate surface area is 81.7 Å². The average Bonchev–Trinajstić information content (AvgIpc) is 2.15. The fourth-order valence-electron chi connectivity index (χ4n) is 1.73. The van der Waals surface area contributed by atoms with Gasteiger partial charge in [0.2, 0.25) is 0 Å². The largest absolute Gasteiger partial charge is 0.481 e. The Balaban J connectivity index is 2.56. The van der Waals surface area contributed by atoms with Crippen LogP contribution in [0.2, 0.25) is 0 Å². The Bertz CT molecular complexity index is 219. The molecular formula is C9H14O5. The lowest BCUT2D eigenvalue weighted by Crippen LogP contribution is -2.32. The van der Waals surface area contributed by atoms with Crippen LogP contribution in [0, 0.1) is 11.8 Å². The summed E-state index contributed by atoms with van der Waals surface area (Å²) in [6.07, 6.45) is 1.24. The van der Waals surface area contributed by atoms with Gasteiger partial charge in [0.05, 0.1) is 18.9 Å². The van der Waals surface area contributed by atoms with E-state index in [1.165, 1.54) is 0 Å². The van der Waals surface area contributed by atoms with Gasteiger partial charge in [-0.15, -0.1) is 0 Å². The Kier molecular flexibility index (Phi) is 3.88. The van der Waals surface area contributed by atoms with Crippen molar-refractivity contribution in [1.82, 2.24) is 0 Å². The summed E-state index contributed by atoms with van der Waals surface area (Å²) >= 11 is 0. The van der Waals surface area contributed by atoms with E-state index in [9.17, 15) is 9.59 Å². The zero-order chi connectivity index (χ0) is 10.6. The summed E-state index contributed by atoms with van der Waals surface area (Å²) in [6, 6.07) is 0. The van der Waals surface area contributed by atoms with Gasteiger partial charge < -0.3 is 14.9 Å². The van der Waals surface area contributed by atoms with Gasteiger partial charge in [0, 0.05) is 6.61 Å². The highest BCUT2D eigenvalue weighted by Crippen LogP contribution is 2.25. The van der Waals surface area contributed by atoms with E-state index in [1.54, 1.807) is 0 Å². The van der Waals surface area contributed by atoms with E-state index >= 15 is 0 Å². The monoisotopic (exact) mass is 202 g/mol. The quantitative estimate of drug-likeness (QED) is 0.697. The highest BCUT2D eigenvalue weighted by molar-refractivity contribution is 5.78. The molecule has 0 saturated carbocycles. The predicted octanol–water partition coefficient (Wildman–Crippen LogP) is 0.588. The molecule has 1 fully saturated rings. The van der Waals surface area contributed by atoms with Crippen molar-refractivity contribution in [2.75, 3.05) is 13.2 Å². The van der Waals surface area contributed by atoms with Gasteiger partial charge in [0.1, 0.15) is 0 Å². The van der Waals surface area contributed by atoms with Gasteiger partial charge in [-0.25, -0.2) is 0 Å². The molecular weight excluding hydrogens is 188 g/mol. The van der Waals surface area contributed by atoms with Crippen molar-refractivity contribution in [2.45, 2.75) is 19.3 Å². The van der Waals surface area contributed by atoms with Crippen LogP contribution in [0.25, 0.3) is 0 Å². The van der Waals surface area contributed by atoms with Gasteiger partial charge in [-0.05, 0) is 18.8 Å². The van der Waals surface area contributed by atoms with Crippen LogP contribution < -0.4 is 0 Å². The van der Waals surface area contributed by atoms with Gasteiger partial charge in [0.15, 0.2) is 0 Å². The third-order valence-electron chi connectivity index (χ3n) is 2.48. The zero-order valence-electron chi connectivity index (χ0n) is 7.81. The molecule has 0 bridgehead atoms. The second kappa shape index (κ2) is 4.95. The Morgan fingerprint density at radius 1 is 1.43 bits per heavy atom. The van der Waals surface area contributed by atoms with Crippen LogP contribution in [0.4, 0.5) is 0 Å². The van der Waals surface area contributed by atoms with Crippen LogP contribution in [-0.4, -0.2) is 35.4 Å². The highest BCUT2D eigenvalue weighted by Gasteiger charge is 2.31. The van der Waals surface area contributed by atoms with Crippen LogP contribution >= 0.6 is 0 Å². The molecule has 0 spiro atoms. The van der Waals surface area contributed by atoms with E-state index in [1.807, 2.05) is 0 Å². The van der Waals surface area contributed by atoms with E-state index in [-0.39, 0.29) is 12.3 Å². The number of hydrogen-bond acceptors (Lipinski definition) is 3. The lowest BCUT2D eigenvalue weighted by Gasteiger charge is -2.26. The van der Waals surface area contributed by atoms with E-state index in [2.05, 4.69) is 0 Å². The second-order valence-corrected chi connectivity index (χ2v) is 3.52.